The van der Waals surface area contributed by atoms with Crippen molar-refractivity contribution < 1.29 is 13.8 Å². The smallest absolute Gasteiger partial charge is 0.280 e. The van der Waals surface area contributed by atoms with E-state index in [1.165, 1.54) is 0 Å². The van der Waals surface area contributed by atoms with Crippen molar-refractivity contribution in [1.82, 2.24) is 4.90 Å². The zero-order valence-electron chi connectivity index (χ0n) is 15.3. The van der Waals surface area contributed by atoms with Crippen LogP contribution in [0.1, 0.15) is 31.1 Å². The normalized spacial score (nSPS) is 22.3. The van der Waals surface area contributed by atoms with Crippen LogP contribution < -0.4 is 0 Å². The highest BCUT2D eigenvalue weighted by Crippen LogP contribution is 2.34. The Hall–Kier alpha value is -2.75. The van der Waals surface area contributed by atoms with Crippen LogP contribution in [0.3, 0.4) is 0 Å². The van der Waals surface area contributed by atoms with E-state index in [2.05, 4.69) is 0 Å². The maximum absolute atomic E-state index is 15.3. The van der Waals surface area contributed by atoms with Crippen LogP contribution in [0.4, 0.5) is 4.39 Å². The largest absolute Gasteiger partial charge is 0.299 e. The van der Waals surface area contributed by atoms with E-state index in [0.29, 0.717) is 5.56 Å². The fraction of sp³-hybridized carbons (Fsp3) is 0.273. The summed E-state index contributed by atoms with van der Waals surface area (Å²) in [5, 5.41) is 0. The highest BCUT2D eigenvalue weighted by Gasteiger charge is 2.57. The Morgan fingerprint density at radius 1 is 1.08 bits per heavy atom. The molecule has 0 radical (unpaired) electrons. The number of nitrogens with zero attached hydrogens (tertiary/aromatic N) is 2. The zero-order chi connectivity index (χ0) is 18.7. The summed E-state index contributed by atoms with van der Waals surface area (Å²) < 4.78 is 17.1. The van der Waals surface area contributed by atoms with E-state index >= 15 is 4.39 Å². The van der Waals surface area contributed by atoms with Gasteiger partial charge in [-0.25, -0.2) is 4.39 Å². The lowest BCUT2D eigenvalue weighted by atomic mass is 10.0. The molecule has 134 valence electrons. The summed E-state index contributed by atoms with van der Waals surface area (Å²) in [4.78, 5) is 14.4. The van der Waals surface area contributed by atoms with Crippen LogP contribution in [0.25, 0.3) is 6.08 Å². The van der Waals surface area contributed by atoms with Crippen molar-refractivity contribution >= 4 is 18.2 Å². The molecule has 1 saturated heterocycles. The number of likely N-dealkylation sites (N-methyl/N-ethyl adjacent to an activating group) is 1. The Morgan fingerprint density at radius 2 is 1.65 bits per heavy atom. The van der Waals surface area contributed by atoms with E-state index < -0.39 is 17.9 Å². The molecule has 1 aliphatic heterocycles. The average Bonchev–Trinajstić information content (AvgIpc) is 2.83. The topological polar surface area (TPSA) is 23.3 Å². The van der Waals surface area contributed by atoms with Crippen molar-refractivity contribution in [1.29, 1.82) is 0 Å². The molecule has 26 heavy (non-hydrogen) atoms. The van der Waals surface area contributed by atoms with Crippen LogP contribution in [-0.2, 0) is 4.79 Å². The summed E-state index contributed by atoms with van der Waals surface area (Å²) in [6.45, 7) is 3.85. The third kappa shape index (κ3) is 3.32. The molecule has 3 nitrogen and oxygen atoms in total. The lowest BCUT2D eigenvalue weighted by molar-refractivity contribution is -0.622. The monoisotopic (exact) mass is 351 g/mol. The van der Waals surface area contributed by atoms with Crippen molar-refractivity contribution in [3.63, 3.8) is 0 Å². The molecule has 0 saturated carbocycles. The van der Waals surface area contributed by atoms with Crippen LogP contribution in [0, 0.1) is 0 Å². The Labute approximate surface area is 154 Å². The quantitative estimate of drug-likeness (QED) is 0.762. The molecule has 1 amide bonds. The average molecular weight is 351 g/mol. The molecule has 1 aliphatic rings. The molecular formula is C22H24FN2O+. The molecule has 2 aromatic rings. The Kier molecular flexibility index (Phi) is 5.03. The van der Waals surface area contributed by atoms with Gasteiger partial charge in [0.25, 0.3) is 11.9 Å². The lowest BCUT2D eigenvalue weighted by Crippen LogP contribution is -2.43. The first-order valence-corrected chi connectivity index (χ1v) is 8.74. The fourth-order valence-electron chi connectivity index (χ4n) is 3.27. The fourth-order valence-corrected chi connectivity index (χ4v) is 3.27. The number of hydrogen-bond donors (Lipinski definition) is 0. The number of carbonyl (C=O) groups excluding carboxylic acids is 1. The van der Waals surface area contributed by atoms with Crippen molar-refractivity contribution in [2.45, 2.75) is 31.7 Å². The third-order valence-electron chi connectivity index (χ3n) is 5.07. The van der Waals surface area contributed by atoms with Gasteiger partial charge in [0.2, 0.25) is 5.66 Å². The molecule has 0 spiro atoms. The first kappa shape index (κ1) is 18.1. The standard InChI is InChI=1S/C22H24FN2O/c1-22(2)24(3)21(26)20(19(23)18-14-8-5-9-15-18)25(22)16-10-13-17-11-6-4-7-12-17/h4-16,19-20H,1-3H3/q+1/b13-10+,25-16+/t19-,20+/m1/s1. The highest BCUT2D eigenvalue weighted by atomic mass is 19.1. The van der Waals surface area contributed by atoms with Gasteiger partial charge in [-0.2, -0.15) is 4.58 Å². The number of halogens is 1. The summed E-state index contributed by atoms with van der Waals surface area (Å²) in [5.41, 5.74) is 0.960. The van der Waals surface area contributed by atoms with Crippen molar-refractivity contribution in [2.24, 2.45) is 0 Å². The van der Waals surface area contributed by atoms with E-state index in [0.717, 1.165) is 5.56 Å². The maximum atomic E-state index is 15.3. The van der Waals surface area contributed by atoms with Crippen LogP contribution in [-0.4, -0.2) is 40.3 Å². The number of alkyl halides is 1. The molecule has 2 aromatic carbocycles. The minimum Gasteiger partial charge on any atom is -0.280 e. The Balaban J connectivity index is 1.96. The summed E-state index contributed by atoms with van der Waals surface area (Å²) in [6.07, 6.45) is 4.24. The number of benzene rings is 2. The SMILES string of the molecule is CN1C(=O)[C@H]([C@H](F)c2ccccc2)/[N+](=C\C=C\c2ccccc2)C1(C)C. The van der Waals surface area contributed by atoms with Crippen molar-refractivity contribution in [3.8, 4) is 0 Å². The van der Waals surface area contributed by atoms with Gasteiger partial charge in [-0.3, -0.25) is 9.69 Å². The third-order valence-corrected chi connectivity index (χ3v) is 5.07. The Morgan fingerprint density at radius 3 is 2.27 bits per heavy atom. The molecule has 0 bridgehead atoms. The molecule has 0 aromatic heterocycles. The summed E-state index contributed by atoms with van der Waals surface area (Å²) in [5.74, 6) is -0.212. The molecule has 4 heteroatoms. The van der Waals surface area contributed by atoms with Crippen LogP contribution >= 0.6 is 0 Å². The van der Waals surface area contributed by atoms with E-state index in [1.807, 2.05) is 73.2 Å². The van der Waals surface area contributed by atoms with Gasteiger partial charge in [-0.15, -0.1) is 0 Å². The van der Waals surface area contributed by atoms with Gasteiger partial charge in [0.15, 0.2) is 12.4 Å². The highest BCUT2D eigenvalue weighted by molar-refractivity contribution is 5.85. The van der Waals surface area contributed by atoms with Gasteiger partial charge in [0.05, 0.1) is 0 Å². The molecule has 1 fully saturated rings. The lowest BCUT2D eigenvalue weighted by Gasteiger charge is -2.22. The second-order valence-corrected chi connectivity index (χ2v) is 6.98. The van der Waals surface area contributed by atoms with Gasteiger partial charge in [-0.1, -0.05) is 60.7 Å². The van der Waals surface area contributed by atoms with Crippen molar-refractivity contribution in [3.05, 3.63) is 77.9 Å². The molecule has 1 heterocycles. The number of allylic oxidation sites excluding steroid dienone is 1. The summed E-state index contributed by atoms with van der Waals surface area (Å²) in [6, 6.07) is 17.9. The van der Waals surface area contributed by atoms with E-state index in [-0.39, 0.29) is 5.91 Å². The van der Waals surface area contributed by atoms with E-state index in [4.69, 9.17) is 0 Å². The number of amides is 1. The van der Waals surface area contributed by atoms with Gasteiger partial charge in [-0.05, 0) is 17.2 Å². The Bertz CT molecular complexity index is 828. The van der Waals surface area contributed by atoms with Crippen LogP contribution in [0.5, 0.6) is 0 Å². The predicted molar refractivity (Wildman–Crippen MR) is 103 cm³/mol. The van der Waals surface area contributed by atoms with E-state index in [9.17, 15) is 4.79 Å². The van der Waals surface area contributed by atoms with Gasteiger partial charge < -0.3 is 0 Å². The number of hydrogen-bond acceptors (Lipinski definition) is 1. The van der Waals surface area contributed by atoms with Crippen LogP contribution in [0.2, 0.25) is 0 Å². The minimum atomic E-state index is -1.39. The predicted octanol–water partition coefficient (Wildman–Crippen LogP) is 4.07. The maximum Gasteiger partial charge on any atom is 0.299 e. The number of carbonyl (C=O) groups is 1. The summed E-state index contributed by atoms with van der Waals surface area (Å²) >= 11 is 0. The molecular weight excluding hydrogens is 327 g/mol. The second kappa shape index (κ2) is 7.24. The second-order valence-electron chi connectivity index (χ2n) is 6.98. The number of rotatable bonds is 4. The molecule has 0 unspecified atom stereocenters. The van der Waals surface area contributed by atoms with Gasteiger partial charge in [0.1, 0.15) is 0 Å². The van der Waals surface area contributed by atoms with Crippen molar-refractivity contribution in [2.75, 3.05) is 7.05 Å². The van der Waals surface area contributed by atoms with Gasteiger partial charge in [0, 0.05) is 27.0 Å². The summed E-state index contributed by atoms with van der Waals surface area (Å²) in [7, 11) is 1.72. The first-order chi connectivity index (χ1) is 12.4. The molecule has 0 aliphatic carbocycles. The minimum absolute atomic E-state index is 0.212. The molecule has 3 rings (SSSR count). The molecule has 0 N–H and O–H groups in total. The van der Waals surface area contributed by atoms with E-state index in [1.54, 1.807) is 36.2 Å². The molecule has 2 atom stereocenters. The van der Waals surface area contributed by atoms with Gasteiger partial charge >= 0.3 is 0 Å². The first-order valence-electron chi connectivity index (χ1n) is 8.74. The zero-order valence-corrected chi connectivity index (χ0v) is 15.3. The van der Waals surface area contributed by atoms with Crippen LogP contribution in [0.15, 0.2) is 66.7 Å².